The van der Waals surface area contributed by atoms with Crippen molar-refractivity contribution in [1.82, 2.24) is 19.7 Å². The summed E-state index contributed by atoms with van der Waals surface area (Å²) in [5.74, 6) is 0.544. The van der Waals surface area contributed by atoms with Crippen molar-refractivity contribution in [2.75, 3.05) is 0 Å². The summed E-state index contributed by atoms with van der Waals surface area (Å²) in [6.45, 7) is 0. The maximum absolute atomic E-state index is 11.6. The van der Waals surface area contributed by atoms with E-state index in [0.717, 1.165) is 10.9 Å². The molecule has 3 rings (SSSR count). The zero-order valence-corrected chi connectivity index (χ0v) is 11.9. The van der Waals surface area contributed by atoms with Crippen LogP contribution in [0.4, 0.5) is 0 Å². The van der Waals surface area contributed by atoms with Gasteiger partial charge in [0.15, 0.2) is 0 Å². The Bertz CT molecular complexity index is 884. The van der Waals surface area contributed by atoms with Gasteiger partial charge in [0, 0.05) is 5.38 Å². The normalized spacial score (nSPS) is 10.5. The zero-order chi connectivity index (χ0) is 14.8. The molecule has 1 aromatic carbocycles. The molecular weight excluding hydrogens is 316 g/mol. The van der Waals surface area contributed by atoms with E-state index in [1.165, 1.54) is 11.3 Å². The molecule has 0 aliphatic heterocycles. The van der Waals surface area contributed by atoms with Crippen LogP contribution in [0.3, 0.4) is 0 Å². The fourth-order valence-electron chi connectivity index (χ4n) is 1.58. The van der Waals surface area contributed by atoms with Gasteiger partial charge in [0.2, 0.25) is 0 Å². The summed E-state index contributed by atoms with van der Waals surface area (Å²) < 4.78 is 6.57. The summed E-state index contributed by atoms with van der Waals surface area (Å²) in [5, 5.41) is 6.21. The highest BCUT2D eigenvalue weighted by Crippen LogP contribution is 2.27. The third kappa shape index (κ3) is 3.01. The summed E-state index contributed by atoms with van der Waals surface area (Å²) >= 11 is 6.98. The van der Waals surface area contributed by atoms with Gasteiger partial charge in [-0.3, -0.25) is 9.78 Å². The van der Waals surface area contributed by atoms with Crippen molar-refractivity contribution in [2.45, 2.75) is 0 Å². The van der Waals surface area contributed by atoms with Gasteiger partial charge in [-0.1, -0.05) is 22.9 Å². The minimum Gasteiger partial charge on any atom is -0.431 e. The predicted molar refractivity (Wildman–Crippen MR) is 77.7 cm³/mol. The number of aromatic amines is 1. The van der Waals surface area contributed by atoms with Crippen molar-refractivity contribution in [3.05, 3.63) is 61.8 Å². The van der Waals surface area contributed by atoms with Crippen LogP contribution in [0.15, 0.2) is 45.4 Å². The SMILES string of the molecule is O=c1cnn(-c2ccc(Oc3nc(Cl)cs3)cc2)c(=O)[nH]1. The summed E-state index contributed by atoms with van der Waals surface area (Å²) in [6, 6.07) is 6.59. The van der Waals surface area contributed by atoms with E-state index < -0.39 is 11.2 Å². The number of aromatic nitrogens is 4. The molecule has 0 bridgehead atoms. The molecule has 0 saturated carbocycles. The highest BCUT2D eigenvalue weighted by atomic mass is 35.5. The number of H-pyrrole nitrogens is 1. The summed E-state index contributed by atoms with van der Waals surface area (Å²) in [4.78, 5) is 28.7. The van der Waals surface area contributed by atoms with Crippen LogP contribution in [-0.4, -0.2) is 19.7 Å². The van der Waals surface area contributed by atoms with Crippen LogP contribution in [0, 0.1) is 0 Å². The van der Waals surface area contributed by atoms with Crippen molar-refractivity contribution >= 4 is 22.9 Å². The van der Waals surface area contributed by atoms with Gasteiger partial charge in [-0.15, -0.1) is 0 Å². The molecule has 0 aliphatic rings. The Morgan fingerprint density at radius 3 is 2.62 bits per heavy atom. The minimum absolute atomic E-state index is 0.371. The van der Waals surface area contributed by atoms with Gasteiger partial charge in [-0.2, -0.15) is 14.8 Å². The Morgan fingerprint density at radius 2 is 2.00 bits per heavy atom. The lowest BCUT2D eigenvalue weighted by molar-refractivity contribution is 0.478. The number of nitrogens with one attached hydrogen (secondary N) is 1. The first kappa shape index (κ1) is 13.5. The zero-order valence-electron chi connectivity index (χ0n) is 10.3. The average molecular weight is 323 g/mol. The summed E-state index contributed by atoms with van der Waals surface area (Å²) in [5.41, 5.74) is -0.652. The third-order valence-electron chi connectivity index (χ3n) is 2.45. The molecular formula is C12H7ClN4O3S. The Balaban J connectivity index is 1.87. The van der Waals surface area contributed by atoms with Gasteiger partial charge in [0.25, 0.3) is 10.8 Å². The Hall–Kier alpha value is -2.45. The number of thiazole rings is 1. The molecule has 7 nitrogen and oxygen atoms in total. The van der Waals surface area contributed by atoms with Crippen LogP contribution < -0.4 is 16.0 Å². The van der Waals surface area contributed by atoms with E-state index >= 15 is 0 Å². The van der Waals surface area contributed by atoms with Gasteiger partial charge >= 0.3 is 5.69 Å². The topological polar surface area (TPSA) is 89.9 Å². The lowest BCUT2D eigenvalue weighted by Crippen LogP contribution is -2.30. The second kappa shape index (κ2) is 5.51. The molecule has 0 unspecified atom stereocenters. The van der Waals surface area contributed by atoms with Gasteiger partial charge < -0.3 is 4.74 Å². The molecule has 106 valence electrons. The molecule has 9 heteroatoms. The van der Waals surface area contributed by atoms with Crippen molar-refractivity contribution in [1.29, 1.82) is 0 Å². The van der Waals surface area contributed by atoms with Crippen molar-refractivity contribution in [2.24, 2.45) is 0 Å². The van der Waals surface area contributed by atoms with Crippen LogP contribution >= 0.6 is 22.9 Å². The molecule has 1 N–H and O–H groups in total. The molecule has 0 spiro atoms. The highest BCUT2D eigenvalue weighted by Gasteiger charge is 2.05. The van der Waals surface area contributed by atoms with E-state index in [1.807, 2.05) is 0 Å². The molecule has 21 heavy (non-hydrogen) atoms. The Labute approximate surface area is 126 Å². The van der Waals surface area contributed by atoms with Crippen LogP contribution in [0.2, 0.25) is 5.15 Å². The molecule has 0 radical (unpaired) electrons. The van der Waals surface area contributed by atoms with Gasteiger partial charge in [-0.25, -0.2) is 4.79 Å². The molecule has 0 aliphatic carbocycles. The van der Waals surface area contributed by atoms with Gasteiger partial charge in [0.1, 0.15) is 17.1 Å². The summed E-state index contributed by atoms with van der Waals surface area (Å²) in [7, 11) is 0. The van der Waals surface area contributed by atoms with Crippen LogP contribution in [0.1, 0.15) is 0 Å². The molecule has 0 saturated heterocycles. The lowest BCUT2D eigenvalue weighted by atomic mass is 10.3. The molecule has 0 amide bonds. The van der Waals surface area contributed by atoms with E-state index in [9.17, 15) is 9.59 Å². The fourth-order valence-corrected chi connectivity index (χ4v) is 2.39. The third-order valence-corrected chi connectivity index (χ3v) is 3.49. The number of ether oxygens (including phenoxy) is 1. The standard InChI is InChI=1S/C12H7ClN4O3S/c13-9-6-21-12(15-9)20-8-3-1-7(2-4-8)17-11(19)16-10(18)5-14-17/h1-6H,(H,16,18,19). The van der Waals surface area contributed by atoms with E-state index in [-0.39, 0.29) is 0 Å². The molecule has 3 aromatic rings. The van der Waals surface area contributed by atoms with Crippen LogP contribution in [0.5, 0.6) is 10.9 Å². The van der Waals surface area contributed by atoms with Gasteiger partial charge in [-0.05, 0) is 24.3 Å². The lowest BCUT2D eigenvalue weighted by Gasteiger charge is -2.05. The average Bonchev–Trinajstić information content (AvgIpc) is 2.85. The van der Waals surface area contributed by atoms with Crippen molar-refractivity contribution < 1.29 is 4.74 Å². The number of benzene rings is 1. The van der Waals surface area contributed by atoms with Crippen LogP contribution in [-0.2, 0) is 0 Å². The Morgan fingerprint density at radius 1 is 1.24 bits per heavy atom. The van der Waals surface area contributed by atoms with E-state index in [0.29, 0.717) is 21.8 Å². The first-order valence-electron chi connectivity index (χ1n) is 5.70. The number of hydrogen-bond donors (Lipinski definition) is 1. The predicted octanol–water partition coefficient (Wildman–Crippen LogP) is 1.82. The molecule has 0 fully saturated rings. The maximum Gasteiger partial charge on any atom is 0.349 e. The second-order valence-electron chi connectivity index (χ2n) is 3.88. The fraction of sp³-hybridized carbons (Fsp3) is 0. The smallest absolute Gasteiger partial charge is 0.349 e. The van der Waals surface area contributed by atoms with Crippen LogP contribution in [0.25, 0.3) is 5.69 Å². The quantitative estimate of drug-likeness (QED) is 0.794. The number of nitrogens with zero attached hydrogens (tertiary/aromatic N) is 3. The first-order valence-corrected chi connectivity index (χ1v) is 6.95. The van der Waals surface area contributed by atoms with Crippen molar-refractivity contribution in [3.8, 4) is 16.6 Å². The molecule has 2 heterocycles. The maximum atomic E-state index is 11.6. The monoisotopic (exact) mass is 322 g/mol. The number of hydrogen-bond acceptors (Lipinski definition) is 6. The second-order valence-corrected chi connectivity index (χ2v) is 5.09. The first-order chi connectivity index (χ1) is 10.1. The van der Waals surface area contributed by atoms with E-state index in [2.05, 4.69) is 15.1 Å². The Kier molecular flexibility index (Phi) is 3.55. The largest absolute Gasteiger partial charge is 0.431 e. The highest BCUT2D eigenvalue weighted by molar-refractivity contribution is 7.11. The van der Waals surface area contributed by atoms with E-state index in [4.69, 9.17) is 16.3 Å². The molecule has 2 aromatic heterocycles. The van der Waals surface area contributed by atoms with E-state index in [1.54, 1.807) is 29.6 Å². The number of halogens is 1. The summed E-state index contributed by atoms with van der Waals surface area (Å²) in [6.07, 6.45) is 1.03. The minimum atomic E-state index is -0.608. The van der Waals surface area contributed by atoms with Crippen molar-refractivity contribution in [3.63, 3.8) is 0 Å². The molecule has 0 atom stereocenters. The number of rotatable bonds is 3. The van der Waals surface area contributed by atoms with Gasteiger partial charge in [0.05, 0.1) is 5.69 Å².